The highest BCUT2D eigenvalue weighted by molar-refractivity contribution is 7.92. The molecule has 1 N–H and O–H groups in total. The van der Waals surface area contributed by atoms with Gasteiger partial charge in [0.2, 0.25) is 0 Å². The summed E-state index contributed by atoms with van der Waals surface area (Å²) in [5.74, 6) is -0.612. The molecule has 0 saturated heterocycles. The highest BCUT2D eigenvalue weighted by Crippen LogP contribution is 2.29. The molecule has 4 rings (SSSR count). The number of aryl methyl sites for hydroxylation is 3. The van der Waals surface area contributed by atoms with E-state index in [0.29, 0.717) is 26.3 Å². The summed E-state index contributed by atoms with van der Waals surface area (Å²) < 4.78 is 30.3. The SMILES string of the molecule is Cc1ccc(S(=O)(=O)N(CC(=O)N/N=C\c2cc(C)n(-c3ccc(Cl)c(Cl)c3)c2C)c2ccc(Cl)cc2C)cc1. The molecular weight excluding hydrogens is 591 g/mol. The largest absolute Gasteiger partial charge is 0.318 e. The second-order valence-electron chi connectivity index (χ2n) is 9.31. The molecule has 1 heterocycles. The smallest absolute Gasteiger partial charge is 0.264 e. The van der Waals surface area contributed by atoms with E-state index in [-0.39, 0.29) is 4.90 Å². The van der Waals surface area contributed by atoms with E-state index in [1.165, 1.54) is 18.3 Å². The summed E-state index contributed by atoms with van der Waals surface area (Å²) in [5, 5.41) is 5.47. The highest BCUT2D eigenvalue weighted by atomic mass is 35.5. The number of benzene rings is 3. The Labute approximate surface area is 249 Å². The minimum atomic E-state index is -4.07. The molecule has 0 aliphatic rings. The number of carbonyl (C=O) groups is 1. The van der Waals surface area contributed by atoms with Gasteiger partial charge in [0, 0.05) is 27.7 Å². The van der Waals surface area contributed by atoms with Crippen molar-refractivity contribution in [3.8, 4) is 5.69 Å². The van der Waals surface area contributed by atoms with Crippen LogP contribution in [-0.4, -0.2) is 31.7 Å². The summed E-state index contributed by atoms with van der Waals surface area (Å²) in [6, 6.07) is 18.5. The van der Waals surface area contributed by atoms with Crippen LogP contribution < -0.4 is 9.73 Å². The summed E-state index contributed by atoms with van der Waals surface area (Å²) in [7, 11) is -4.07. The first-order chi connectivity index (χ1) is 18.9. The number of halogens is 3. The Bertz CT molecular complexity index is 1720. The van der Waals surface area contributed by atoms with Crippen molar-refractivity contribution < 1.29 is 13.2 Å². The van der Waals surface area contributed by atoms with E-state index >= 15 is 0 Å². The summed E-state index contributed by atoms with van der Waals surface area (Å²) in [4.78, 5) is 13.1. The summed E-state index contributed by atoms with van der Waals surface area (Å²) in [6.45, 7) is 6.97. The van der Waals surface area contributed by atoms with Gasteiger partial charge in [0.1, 0.15) is 6.54 Å². The molecule has 40 heavy (non-hydrogen) atoms. The Morgan fingerprint density at radius 3 is 2.27 bits per heavy atom. The molecule has 0 fully saturated rings. The zero-order chi connectivity index (χ0) is 29.2. The molecule has 0 aliphatic carbocycles. The molecule has 0 bridgehead atoms. The van der Waals surface area contributed by atoms with E-state index in [4.69, 9.17) is 34.8 Å². The van der Waals surface area contributed by atoms with Gasteiger partial charge in [-0.15, -0.1) is 0 Å². The molecule has 0 saturated carbocycles. The number of sulfonamides is 1. The summed E-state index contributed by atoms with van der Waals surface area (Å²) >= 11 is 18.4. The highest BCUT2D eigenvalue weighted by Gasteiger charge is 2.28. The van der Waals surface area contributed by atoms with Gasteiger partial charge in [0.05, 0.1) is 26.8 Å². The first-order valence-corrected chi connectivity index (χ1v) is 14.8. The zero-order valence-electron chi connectivity index (χ0n) is 22.2. The van der Waals surface area contributed by atoms with Gasteiger partial charge in [-0.3, -0.25) is 9.10 Å². The number of hydrogen-bond donors (Lipinski definition) is 1. The van der Waals surface area contributed by atoms with Gasteiger partial charge in [0.25, 0.3) is 15.9 Å². The van der Waals surface area contributed by atoms with Crippen LogP contribution in [0.2, 0.25) is 15.1 Å². The fourth-order valence-corrected chi connectivity index (χ4v) is 6.32. The van der Waals surface area contributed by atoms with E-state index in [9.17, 15) is 13.2 Å². The molecule has 0 atom stereocenters. The lowest BCUT2D eigenvalue weighted by Gasteiger charge is -2.25. The molecule has 11 heteroatoms. The van der Waals surface area contributed by atoms with Gasteiger partial charge in [-0.25, -0.2) is 13.8 Å². The fraction of sp³-hybridized carbons (Fsp3) is 0.172. The molecule has 1 aromatic heterocycles. The molecule has 4 aromatic rings. The van der Waals surface area contributed by atoms with Crippen LogP contribution in [0.25, 0.3) is 5.69 Å². The summed E-state index contributed by atoms with van der Waals surface area (Å²) in [5.41, 5.74) is 7.72. The standard InChI is InChI=1S/C29H27Cl3N4O3S/c1-18-5-9-25(10-6-18)40(38,39)35(28-12-7-23(30)13-19(28)2)17-29(37)34-33-16-22-14-20(3)36(21(22)4)24-8-11-26(31)27(32)15-24/h5-16H,17H2,1-4H3,(H,34,37)/b33-16-. The third-order valence-corrected chi connectivity index (χ3v) is 9.10. The quantitative estimate of drug-likeness (QED) is 0.170. The van der Waals surface area contributed by atoms with E-state index in [1.807, 2.05) is 37.5 Å². The van der Waals surface area contributed by atoms with Crippen molar-refractivity contribution in [2.24, 2.45) is 5.10 Å². The Morgan fingerprint density at radius 2 is 1.62 bits per heavy atom. The Hall–Kier alpha value is -3.30. The van der Waals surface area contributed by atoms with E-state index < -0.39 is 22.5 Å². The zero-order valence-corrected chi connectivity index (χ0v) is 25.3. The molecule has 208 valence electrons. The van der Waals surface area contributed by atoms with Crippen molar-refractivity contribution in [1.82, 2.24) is 9.99 Å². The molecular formula is C29H27Cl3N4O3S. The number of rotatable bonds is 8. The van der Waals surface area contributed by atoms with Gasteiger partial charge in [-0.2, -0.15) is 5.10 Å². The van der Waals surface area contributed by atoms with E-state index in [0.717, 1.165) is 32.5 Å². The lowest BCUT2D eigenvalue weighted by molar-refractivity contribution is -0.119. The van der Waals surface area contributed by atoms with Gasteiger partial charge in [-0.05, 0) is 87.9 Å². The number of hydrogen-bond acceptors (Lipinski definition) is 4. The average Bonchev–Trinajstić information content (AvgIpc) is 3.17. The maximum Gasteiger partial charge on any atom is 0.264 e. The molecule has 0 aliphatic heterocycles. The normalized spacial score (nSPS) is 11.7. The second kappa shape index (κ2) is 12.1. The Kier molecular flexibility index (Phi) is 8.95. The maximum absolute atomic E-state index is 13.6. The van der Waals surface area contributed by atoms with Crippen molar-refractivity contribution in [1.29, 1.82) is 0 Å². The van der Waals surface area contributed by atoms with E-state index in [2.05, 4.69) is 10.5 Å². The number of aromatic nitrogens is 1. The number of amides is 1. The summed E-state index contributed by atoms with van der Waals surface area (Å²) in [6.07, 6.45) is 1.51. The Balaban J connectivity index is 1.58. The topological polar surface area (TPSA) is 83.8 Å². The van der Waals surface area contributed by atoms with Crippen LogP contribution in [0.4, 0.5) is 5.69 Å². The van der Waals surface area contributed by atoms with Crippen LogP contribution in [0.15, 0.2) is 76.7 Å². The van der Waals surface area contributed by atoms with Crippen molar-refractivity contribution in [2.75, 3.05) is 10.8 Å². The predicted octanol–water partition coefficient (Wildman–Crippen LogP) is 7.02. The number of carbonyl (C=O) groups excluding carboxylic acids is 1. The van der Waals surface area contributed by atoms with Gasteiger partial charge < -0.3 is 4.57 Å². The molecule has 0 radical (unpaired) electrons. The lowest BCUT2D eigenvalue weighted by Crippen LogP contribution is -2.40. The molecule has 1 amide bonds. The first-order valence-electron chi connectivity index (χ1n) is 12.2. The van der Waals surface area contributed by atoms with Crippen LogP contribution >= 0.6 is 34.8 Å². The van der Waals surface area contributed by atoms with E-state index in [1.54, 1.807) is 49.4 Å². The van der Waals surface area contributed by atoms with Crippen molar-refractivity contribution >= 4 is 62.6 Å². The Morgan fingerprint density at radius 1 is 0.925 bits per heavy atom. The monoisotopic (exact) mass is 616 g/mol. The van der Waals surface area contributed by atoms with Crippen molar-refractivity contribution in [2.45, 2.75) is 32.6 Å². The van der Waals surface area contributed by atoms with Crippen molar-refractivity contribution in [3.05, 3.63) is 110 Å². The minimum Gasteiger partial charge on any atom is -0.318 e. The van der Waals surface area contributed by atoms with Gasteiger partial charge in [0.15, 0.2) is 0 Å². The second-order valence-corrected chi connectivity index (χ2v) is 12.4. The molecule has 7 nitrogen and oxygen atoms in total. The van der Waals surface area contributed by atoms with Crippen LogP contribution in [0, 0.1) is 27.7 Å². The minimum absolute atomic E-state index is 0.0680. The van der Waals surface area contributed by atoms with Crippen molar-refractivity contribution in [3.63, 3.8) is 0 Å². The average molecular weight is 618 g/mol. The van der Waals surface area contributed by atoms with Gasteiger partial charge >= 0.3 is 0 Å². The number of hydrazone groups is 1. The molecule has 0 spiro atoms. The number of nitrogens with zero attached hydrogens (tertiary/aromatic N) is 3. The molecule has 0 unspecified atom stereocenters. The van der Waals surface area contributed by atoms with Crippen LogP contribution in [0.5, 0.6) is 0 Å². The predicted molar refractivity (Wildman–Crippen MR) is 163 cm³/mol. The van der Waals surface area contributed by atoms with Crippen LogP contribution in [0.1, 0.15) is 28.1 Å². The van der Waals surface area contributed by atoms with Gasteiger partial charge in [-0.1, -0.05) is 52.5 Å². The van der Waals surface area contributed by atoms with Crippen LogP contribution in [-0.2, 0) is 14.8 Å². The maximum atomic E-state index is 13.6. The number of anilines is 1. The van der Waals surface area contributed by atoms with Crippen LogP contribution in [0.3, 0.4) is 0 Å². The fourth-order valence-electron chi connectivity index (χ4n) is 4.32. The number of nitrogens with one attached hydrogen (secondary N) is 1. The first kappa shape index (κ1) is 29.7. The third kappa shape index (κ3) is 6.36. The molecule has 3 aromatic carbocycles. The third-order valence-electron chi connectivity index (χ3n) is 6.35. The lowest BCUT2D eigenvalue weighted by atomic mass is 10.2.